The maximum atomic E-state index is 13.3. The summed E-state index contributed by atoms with van der Waals surface area (Å²) < 4.78 is 32.0. The van der Waals surface area contributed by atoms with Gasteiger partial charge in [-0.2, -0.15) is 0 Å². The second-order valence-corrected chi connectivity index (χ2v) is 10.3. The molecule has 0 saturated heterocycles. The summed E-state index contributed by atoms with van der Waals surface area (Å²) in [6.45, 7) is 6.50. The monoisotopic (exact) mass is 503 g/mol. The molecule has 2 rings (SSSR count). The summed E-state index contributed by atoms with van der Waals surface area (Å²) in [4.78, 5) is 27.4. The van der Waals surface area contributed by atoms with E-state index in [1.165, 1.54) is 4.31 Å². The number of carbonyl (C=O) groups excluding carboxylic acids is 2. The molecular weight excluding hydrogens is 466 g/mol. The van der Waals surface area contributed by atoms with Crippen LogP contribution in [0.15, 0.2) is 48.5 Å². The third-order valence-electron chi connectivity index (χ3n) is 5.69. The van der Waals surface area contributed by atoms with Gasteiger partial charge in [0.1, 0.15) is 11.8 Å². The third kappa shape index (κ3) is 7.99. The molecule has 0 aliphatic rings. The number of aryl methyl sites for hydroxylation is 1. The maximum Gasteiger partial charge on any atom is 0.242 e. The molecule has 8 nitrogen and oxygen atoms in total. The van der Waals surface area contributed by atoms with E-state index in [0.717, 1.165) is 17.4 Å². The van der Waals surface area contributed by atoms with Crippen molar-refractivity contribution in [3.63, 3.8) is 0 Å². The lowest BCUT2D eigenvalue weighted by molar-refractivity contribution is -0.141. The van der Waals surface area contributed by atoms with Gasteiger partial charge < -0.3 is 15.0 Å². The van der Waals surface area contributed by atoms with Crippen molar-refractivity contribution in [2.75, 3.05) is 30.8 Å². The SMILES string of the molecule is CCOc1ccccc1N(CCCC(=O)N(Cc1ccc(C)cc1)[C@H](CC)C(=O)NC)S(C)(=O)=O. The first-order chi connectivity index (χ1) is 16.6. The van der Waals surface area contributed by atoms with Crippen molar-refractivity contribution >= 4 is 27.5 Å². The zero-order chi connectivity index (χ0) is 26.0. The van der Waals surface area contributed by atoms with Crippen molar-refractivity contribution in [3.8, 4) is 5.75 Å². The Labute approximate surface area is 209 Å². The van der Waals surface area contributed by atoms with Gasteiger partial charge in [0.15, 0.2) is 0 Å². The molecule has 0 aliphatic heterocycles. The fourth-order valence-electron chi connectivity index (χ4n) is 3.90. The predicted octanol–water partition coefficient (Wildman–Crippen LogP) is 3.49. The number of ether oxygens (including phenoxy) is 1. The van der Waals surface area contributed by atoms with Crippen LogP contribution in [-0.2, 0) is 26.2 Å². The highest BCUT2D eigenvalue weighted by molar-refractivity contribution is 7.92. The van der Waals surface area contributed by atoms with E-state index in [0.29, 0.717) is 37.4 Å². The van der Waals surface area contributed by atoms with Gasteiger partial charge in [0.2, 0.25) is 21.8 Å². The van der Waals surface area contributed by atoms with Gasteiger partial charge >= 0.3 is 0 Å². The van der Waals surface area contributed by atoms with Crippen molar-refractivity contribution in [3.05, 3.63) is 59.7 Å². The van der Waals surface area contributed by atoms with Crippen molar-refractivity contribution in [1.82, 2.24) is 10.2 Å². The number of para-hydroxylation sites is 2. The van der Waals surface area contributed by atoms with Gasteiger partial charge in [0.05, 0.1) is 18.6 Å². The summed E-state index contributed by atoms with van der Waals surface area (Å²) in [5.41, 5.74) is 2.48. The van der Waals surface area contributed by atoms with E-state index in [9.17, 15) is 18.0 Å². The summed E-state index contributed by atoms with van der Waals surface area (Å²) >= 11 is 0. The van der Waals surface area contributed by atoms with Gasteiger partial charge in [-0.15, -0.1) is 0 Å². The summed E-state index contributed by atoms with van der Waals surface area (Å²) in [5.74, 6) is 0.0438. The van der Waals surface area contributed by atoms with Crippen LogP contribution in [0.4, 0.5) is 5.69 Å². The van der Waals surface area contributed by atoms with Crippen molar-refractivity contribution in [2.45, 2.75) is 52.6 Å². The Morgan fingerprint density at radius 3 is 2.29 bits per heavy atom. The largest absolute Gasteiger partial charge is 0.492 e. The molecule has 9 heteroatoms. The molecule has 35 heavy (non-hydrogen) atoms. The van der Waals surface area contributed by atoms with Gasteiger partial charge in [0.25, 0.3) is 0 Å². The average Bonchev–Trinajstić information content (AvgIpc) is 2.82. The number of hydrogen-bond acceptors (Lipinski definition) is 5. The summed E-state index contributed by atoms with van der Waals surface area (Å²) in [6, 6.07) is 14.2. The normalized spacial score (nSPS) is 12.0. The number of amides is 2. The molecule has 0 aromatic heterocycles. The molecule has 1 N–H and O–H groups in total. The Balaban J connectivity index is 2.21. The van der Waals surface area contributed by atoms with Crippen molar-refractivity contribution in [1.29, 1.82) is 0 Å². The van der Waals surface area contributed by atoms with Crippen LogP contribution in [-0.4, -0.2) is 57.6 Å². The lowest BCUT2D eigenvalue weighted by Crippen LogP contribution is -2.48. The summed E-state index contributed by atoms with van der Waals surface area (Å²) in [7, 11) is -2.05. The minimum absolute atomic E-state index is 0.0994. The number of benzene rings is 2. The molecule has 0 spiro atoms. The first kappa shape index (κ1) is 28.2. The fourth-order valence-corrected chi connectivity index (χ4v) is 4.87. The Kier molecular flexibility index (Phi) is 10.6. The number of hydrogen-bond donors (Lipinski definition) is 1. The topological polar surface area (TPSA) is 96.0 Å². The van der Waals surface area contributed by atoms with Crippen LogP contribution in [0.3, 0.4) is 0 Å². The van der Waals surface area contributed by atoms with E-state index in [2.05, 4.69) is 5.32 Å². The quantitative estimate of drug-likeness (QED) is 0.451. The Morgan fingerprint density at radius 1 is 1.06 bits per heavy atom. The molecule has 2 amide bonds. The highest BCUT2D eigenvalue weighted by atomic mass is 32.2. The van der Waals surface area contributed by atoms with E-state index in [1.54, 1.807) is 36.2 Å². The Morgan fingerprint density at radius 2 is 1.71 bits per heavy atom. The van der Waals surface area contributed by atoms with E-state index in [4.69, 9.17) is 4.74 Å². The average molecular weight is 504 g/mol. The highest BCUT2D eigenvalue weighted by Crippen LogP contribution is 2.30. The third-order valence-corrected chi connectivity index (χ3v) is 6.87. The van der Waals surface area contributed by atoms with Crippen LogP contribution < -0.4 is 14.4 Å². The van der Waals surface area contributed by atoms with Gasteiger partial charge in [-0.25, -0.2) is 8.42 Å². The highest BCUT2D eigenvalue weighted by Gasteiger charge is 2.28. The number of likely N-dealkylation sites (N-methyl/N-ethyl adjacent to an activating group) is 1. The second-order valence-electron chi connectivity index (χ2n) is 8.38. The molecule has 0 fully saturated rings. The molecule has 192 valence electrons. The van der Waals surface area contributed by atoms with Crippen LogP contribution in [0.5, 0.6) is 5.75 Å². The molecule has 0 unspecified atom stereocenters. The number of nitrogens with one attached hydrogen (secondary N) is 1. The molecule has 0 aliphatic carbocycles. The van der Waals surface area contributed by atoms with Gasteiger partial charge in [-0.3, -0.25) is 13.9 Å². The zero-order valence-corrected chi connectivity index (χ0v) is 22.1. The lowest BCUT2D eigenvalue weighted by Gasteiger charge is -2.31. The predicted molar refractivity (Wildman–Crippen MR) is 139 cm³/mol. The van der Waals surface area contributed by atoms with Gasteiger partial charge in [0, 0.05) is 26.6 Å². The fraction of sp³-hybridized carbons (Fsp3) is 0.462. The van der Waals surface area contributed by atoms with E-state index < -0.39 is 16.1 Å². The molecule has 0 bridgehead atoms. The van der Waals surface area contributed by atoms with Crippen LogP contribution in [0.2, 0.25) is 0 Å². The van der Waals surface area contributed by atoms with E-state index in [-0.39, 0.29) is 24.8 Å². The van der Waals surface area contributed by atoms with E-state index >= 15 is 0 Å². The molecule has 0 heterocycles. The Bertz CT molecular complexity index is 1090. The molecular formula is C26H37N3O5S. The van der Waals surface area contributed by atoms with E-state index in [1.807, 2.05) is 45.0 Å². The first-order valence-electron chi connectivity index (χ1n) is 11.9. The number of nitrogens with zero attached hydrogens (tertiary/aromatic N) is 2. The number of carbonyl (C=O) groups is 2. The van der Waals surface area contributed by atoms with Crippen LogP contribution in [0, 0.1) is 6.92 Å². The number of anilines is 1. The van der Waals surface area contributed by atoms with Crippen LogP contribution in [0.1, 0.15) is 44.2 Å². The Hall–Kier alpha value is -3.07. The number of rotatable bonds is 13. The maximum absolute atomic E-state index is 13.3. The molecule has 2 aromatic rings. The standard InChI is InChI=1S/C26H37N3O5S/c1-6-22(26(31)27-4)28(19-21-16-14-20(3)15-17-21)25(30)13-10-18-29(35(5,32)33)23-11-8-9-12-24(23)34-7-2/h8-9,11-12,14-17,22H,6-7,10,13,18-19H2,1-5H3,(H,27,31)/t22-/m1/s1. The van der Waals surface area contributed by atoms with Crippen molar-refractivity contribution < 1.29 is 22.7 Å². The minimum atomic E-state index is -3.60. The van der Waals surface area contributed by atoms with Crippen molar-refractivity contribution in [2.24, 2.45) is 0 Å². The summed E-state index contributed by atoms with van der Waals surface area (Å²) in [6.07, 6.45) is 2.00. The van der Waals surface area contributed by atoms with Gasteiger partial charge in [-0.05, 0) is 44.4 Å². The number of sulfonamides is 1. The zero-order valence-electron chi connectivity index (χ0n) is 21.3. The second kappa shape index (κ2) is 13.1. The molecule has 1 atom stereocenters. The van der Waals surface area contributed by atoms with Gasteiger partial charge in [-0.1, -0.05) is 48.9 Å². The van der Waals surface area contributed by atoms with Crippen LogP contribution in [0.25, 0.3) is 0 Å². The smallest absolute Gasteiger partial charge is 0.242 e. The van der Waals surface area contributed by atoms with Crippen LogP contribution >= 0.6 is 0 Å². The minimum Gasteiger partial charge on any atom is -0.492 e. The molecule has 0 radical (unpaired) electrons. The molecule has 2 aromatic carbocycles. The molecule has 0 saturated carbocycles. The summed E-state index contributed by atoms with van der Waals surface area (Å²) in [5, 5.41) is 2.65. The lowest BCUT2D eigenvalue weighted by atomic mass is 10.1. The first-order valence-corrected chi connectivity index (χ1v) is 13.7.